The molecule has 2 aromatic heterocycles. The molecule has 2 aromatic carbocycles. The van der Waals surface area contributed by atoms with Gasteiger partial charge in [0.2, 0.25) is 11.8 Å². The van der Waals surface area contributed by atoms with Crippen LogP contribution in [-0.4, -0.2) is 20.7 Å². The van der Waals surface area contributed by atoms with E-state index in [9.17, 15) is 4.79 Å². The molecule has 0 aliphatic heterocycles. The van der Waals surface area contributed by atoms with E-state index in [1.807, 2.05) is 49.4 Å². The molecule has 4 rings (SSSR count). The van der Waals surface area contributed by atoms with Crippen LogP contribution in [0.3, 0.4) is 0 Å². The number of halogens is 1. The molecule has 0 aliphatic rings. The van der Waals surface area contributed by atoms with Crippen LogP contribution in [0.5, 0.6) is 0 Å². The molecule has 7 heteroatoms. The van der Waals surface area contributed by atoms with Crippen LogP contribution in [0, 0.1) is 6.92 Å². The van der Waals surface area contributed by atoms with Crippen molar-refractivity contribution in [3.63, 3.8) is 0 Å². The van der Waals surface area contributed by atoms with Crippen molar-refractivity contribution in [1.29, 1.82) is 0 Å². The van der Waals surface area contributed by atoms with Gasteiger partial charge in [0.25, 0.3) is 5.91 Å². The van der Waals surface area contributed by atoms with Gasteiger partial charge in [-0.1, -0.05) is 45.8 Å². The lowest BCUT2D eigenvalue weighted by Crippen LogP contribution is -2.17. The second kappa shape index (κ2) is 7.82. The second-order valence-corrected chi connectivity index (χ2v) is 7.22. The van der Waals surface area contributed by atoms with Gasteiger partial charge in [-0.3, -0.25) is 4.79 Å². The van der Waals surface area contributed by atoms with Crippen molar-refractivity contribution in [3.05, 3.63) is 88.1 Å². The standard InChI is InChI=1S/C21H17BrN4O2/c1-14-5-2-7-16(11-14)20(27)26-21(23-13-15-6-3-8-17(22)12-15)24-19(25-26)18-9-4-10-28-18/h2-12H,13H2,1H3,(H,23,24,25). The molecule has 0 bridgehead atoms. The van der Waals surface area contributed by atoms with Crippen molar-refractivity contribution in [2.24, 2.45) is 0 Å². The van der Waals surface area contributed by atoms with Crippen LogP contribution in [0.15, 0.2) is 75.8 Å². The fourth-order valence-electron chi connectivity index (χ4n) is 2.81. The SMILES string of the molecule is Cc1cccc(C(=O)n2nc(-c3ccco3)nc2NCc2cccc(Br)c2)c1. The fourth-order valence-corrected chi connectivity index (χ4v) is 3.25. The third-order valence-electron chi connectivity index (χ3n) is 4.15. The topological polar surface area (TPSA) is 73.0 Å². The van der Waals surface area contributed by atoms with Crippen molar-refractivity contribution in [2.45, 2.75) is 13.5 Å². The first-order valence-corrected chi connectivity index (χ1v) is 9.50. The Morgan fingerprint density at radius 1 is 1.14 bits per heavy atom. The molecule has 0 saturated carbocycles. The highest BCUT2D eigenvalue weighted by Gasteiger charge is 2.20. The monoisotopic (exact) mass is 436 g/mol. The predicted octanol–water partition coefficient (Wildman–Crippen LogP) is 4.91. The van der Waals surface area contributed by atoms with Crippen LogP contribution >= 0.6 is 15.9 Å². The molecule has 28 heavy (non-hydrogen) atoms. The van der Waals surface area contributed by atoms with Crippen LogP contribution in [0.25, 0.3) is 11.6 Å². The number of anilines is 1. The lowest BCUT2D eigenvalue weighted by atomic mass is 10.1. The first-order valence-electron chi connectivity index (χ1n) is 8.71. The number of hydrogen-bond donors (Lipinski definition) is 1. The number of hydrogen-bond acceptors (Lipinski definition) is 5. The molecule has 0 unspecified atom stereocenters. The van der Waals surface area contributed by atoms with Gasteiger partial charge in [-0.25, -0.2) is 0 Å². The molecule has 0 spiro atoms. The summed E-state index contributed by atoms with van der Waals surface area (Å²) in [6.45, 7) is 2.44. The molecule has 2 heterocycles. The highest BCUT2D eigenvalue weighted by Crippen LogP contribution is 2.20. The van der Waals surface area contributed by atoms with Crippen LogP contribution in [0.2, 0.25) is 0 Å². The molecule has 6 nitrogen and oxygen atoms in total. The lowest BCUT2D eigenvalue weighted by molar-refractivity contribution is 0.0947. The van der Waals surface area contributed by atoms with Crippen molar-refractivity contribution in [2.75, 3.05) is 5.32 Å². The van der Waals surface area contributed by atoms with Gasteiger partial charge in [-0.2, -0.15) is 9.67 Å². The zero-order chi connectivity index (χ0) is 19.5. The third-order valence-corrected chi connectivity index (χ3v) is 4.64. The summed E-state index contributed by atoms with van der Waals surface area (Å²) in [7, 11) is 0. The first kappa shape index (κ1) is 18.2. The van der Waals surface area contributed by atoms with Crippen LogP contribution < -0.4 is 5.32 Å². The number of carbonyl (C=O) groups excluding carboxylic acids is 1. The lowest BCUT2D eigenvalue weighted by Gasteiger charge is -2.08. The minimum absolute atomic E-state index is 0.259. The molecule has 4 aromatic rings. The molecular formula is C21H17BrN4O2. The molecule has 1 N–H and O–H groups in total. The number of carbonyl (C=O) groups is 1. The number of rotatable bonds is 5. The minimum atomic E-state index is -0.259. The van der Waals surface area contributed by atoms with E-state index in [4.69, 9.17) is 4.42 Å². The van der Waals surface area contributed by atoms with Crippen LogP contribution in [-0.2, 0) is 6.54 Å². The maximum absolute atomic E-state index is 13.1. The quantitative estimate of drug-likeness (QED) is 0.481. The summed E-state index contributed by atoms with van der Waals surface area (Å²) in [5.74, 6) is 0.952. The molecule has 140 valence electrons. The molecule has 0 radical (unpaired) electrons. The fraction of sp³-hybridized carbons (Fsp3) is 0.0952. The van der Waals surface area contributed by atoms with Crippen LogP contribution in [0.1, 0.15) is 21.5 Å². The van der Waals surface area contributed by atoms with E-state index in [0.717, 1.165) is 15.6 Å². The molecule has 0 saturated heterocycles. The van der Waals surface area contributed by atoms with Crippen LogP contribution in [0.4, 0.5) is 5.95 Å². The van der Waals surface area contributed by atoms with Crippen molar-refractivity contribution in [3.8, 4) is 11.6 Å². The molecule has 0 aliphatic carbocycles. The third kappa shape index (κ3) is 3.89. The average molecular weight is 437 g/mol. The Kier molecular flexibility index (Phi) is 5.08. The zero-order valence-electron chi connectivity index (χ0n) is 15.1. The number of nitrogens with one attached hydrogen (secondary N) is 1. The maximum atomic E-state index is 13.1. The van der Waals surface area contributed by atoms with Crippen molar-refractivity contribution in [1.82, 2.24) is 14.8 Å². The largest absolute Gasteiger partial charge is 0.461 e. The van der Waals surface area contributed by atoms with E-state index in [1.54, 1.807) is 24.5 Å². The van der Waals surface area contributed by atoms with Crippen molar-refractivity contribution >= 4 is 27.8 Å². The predicted molar refractivity (Wildman–Crippen MR) is 110 cm³/mol. The van der Waals surface area contributed by atoms with E-state index < -0.39 is 0 Å². The number of aromatic nitrogens is 3. The Balaban J connectivity index is 1.68. The second-order valence-electron chi connectivity index (χ2n) is 6.31. The first-order chi connectivity index (χ1) is 13.6. The van der Waals surface area contributed by atoms with Gasteiger partial charge in [0, 0.05) is 16.6 Å². The molecule has 0 fully saturated rings. The van der Waals surface area contributed by atoms with Gasteiger partial charge in [0.05, 0.1) is 6.26 Å². The summed E-state index contributed by atoms with van der Waals surface area (Å²) in [6, 6.07) is 18.8. The minimum Gasteiger partial charge on any atom is -0.461 e. The van der Waals surface area contributed by atoms with E-state index in [-0.39, 0.29) is 5.91 Å². The normalized spacial score (nSPS) is 10.8. The zero-order valence-corrected chi connectivity index (χ0v) is 16.7. The van der Waals surface area contributed by atoms with Gasteiger partial charge < -0.3 is 9.73 Å². The average Bonchev–Trinajstić information content (AvgIpc) is 3.35. The summed E-state index contributed by atoms with van der Waals surface area (Å²) in [6.07, 6.45) is 1.55. The molecule has 0 atom stereocenters. The highest BCUT2D eigenvalue weighted by atomic mass is 79.9. The molecule has 0 amide bonds. The Bertz CT molecular complexity index is 1120. The summed E-state index contributed by atoms with van der Waals surface area (Å²) in [4.78, 5) is 17.5. The van der Waals surface area contributed by atoms with E-state index in [1.165, 1.54) is 4.68 Å². The maximum Gasteiger partial charge on any atom is 0.281 e. The summed E-state index contributed by atoms with van der Waals surface area (Å²) >= 11 is 3.47. The number of benzene rings is 2. The Labute approximate surface area is 170 Å². The van der Waals surface area contributed by atoms with Gasteiger partial charge in [-0.05, 0) is 48.9 Å². The smallest absolute Gasteiger partial charge is 0.281 e. The van der Waals surface area contributed by atoms with Gasteiger partial charge >= 0.3 is 0 Å². The summed E-state index contributed by atoms with van der Waals surface area (Å²) in [5.41, 5.74) is 2.59. The van der Waals surface area contributed by atoms with E-state index >= 15 is 0 Å². The van der Waals surface area contributed by atoms with Gasteiger partial charge in [0.15, 0.2) is 5.76 Å². The van der Waals surface area contributed by atoms with Crippen molar-refractivity contribution < 1.29 is 9.21 Å². The highest BCUT2D eigenvalue weighted by molar-refractivity contribution is 9.10. The van der Waals surface area contributed by atoms with Gasteiger partial charge in [0.1, 0.15) is 0 Å². The number of aryl methyl sites for hydroxylation is 1. The van der Waals surface area contributed by atoms with E-state index in [2.05, 4.69) is 31.3 Å². The Morgan fingerprint density at radius 3 is 2.75 bits per heavy atom. The molecular weight excluding hydrogens is 420 g/mol. The Hall–Kier alpha value is -3.19. The van der Waals surface area contributed by atoms with E-state index in [0.29, 0.717) is 29.6 Å². The summed E-state index contributed by atoms with van der Waals surface area (Å²) < 4.78 is 7.66. The number of furan rings is 1. The van der Waals surface area contributed by atoms with Gasteiger partial charge in [-0.15, -0.1) is 5.10 Å². The summed E-state index contributed by atoms with van der Waals surface area (Å²) in [5, 5.41) is 7.59. The Morgan fingerprint density at radius 2 is 2.00 bits per heavy atom. The number of nitrogens with zero attached hydrogens (tertiary/aromatic N) is 3.